The van der Waals surface area contributed by atoms with E-state index in [1.165, 1.54) is 44.3 Å². The van der Waals surface area contributed by atoms with Crippen molar-refractivity contribution in [3.05, 3.63) is 45.5 Å². The van der Waals surface area contributed by atoms with Crippen LogP contribution in [0.3, 0.4) is 0 Å². The number of thiazole rings is 1. The molecule has 0 radical (unpaired) electrons. The number of aliphatic hydroxyl groups is 2. The normalized spacial score (nSPS) is 31.4. The first kappa shape index (κ1) is 30.9. The standard InChI is InChI=1S/C27H36F3NO5S/c1-15-8-7-9-19(27(28,29)30)10-11-21(16(2)12-20-14-37-18(4)31-20)36-23(33)13-22(32)26(5,6)25(35)17(3)24(15)34/h7-8,10,12,14-15,17,21-22,24,32,34H,9,11,13H2,1-6H3/b8-7+,16-12-,19-10+/t15?,17-,21?,22?,24+/m1/s1. The number of alkyl halides is 3. The number of halogens is 3. The Morgan fingerprint density at radius 2 is 1.89 bits per heavy atom. The molecule has 0 saturated heterocycles. The SMILES string of the molecule is C/C(=C/c1csc(C)n1)C1C/C=C(/C(F)(F)F)C/C=C/C(C)[C@H](O)[C@@H](C)C(=O)C(C)(C)C(O)CC(=O)O1. The number of carbonyl (C=O) groups excluding carboxylic acids is 2. The second-order valence-corrected chi connectivity index (χ2v) is 11.3. The van der Waals surface area contributed by atoms with Crippen LogP contribution in [0.25, 0.3) is 6.08 Å². The number of hydrogen-bond acceptors (Lipinski definition) is 7. The van der Waals surface area contributed by atoms with E-state index >= 15 is 0 Å². The van der Waals surface area contributed by atoms with E-state index in [2.05, 4.69) is 4.98 Å². The molecule has 3 unspecified atom stereocenters. The molecule has 2 rings (SSSR count). The predicted molar refractivity (Wildman–Crippen MR) is 137 cm³/mol. The smallest absolute Gasteiger partial charge is 0.412 e. The molecule has 206 valence electrons. The fraction of sp³-hybridized carbons (Fsp3) is 0.593. The molecule has 0 aliphatic carbocycles. The van der Waals surface area contributed by atoms with Crippen molar-refractivity contribution in [3.8, 4) is 0 Å². The maximum atomic E-state index is 13.8. The number of rotatable bonds is 2. The van der Waals surface area contributed by atoms with Crippen LogP contribution < -0.4 is 0 Å². The van der Waals surface area contributed by atoms with E-state index < -0.39 is 71.9 Å². The van der Waals surface area contributed by atoms with Crippen LogP contribution in [0.2, 0.25) is 0 Å². The topological polar surface area (TPSA) is 96.7 Å². The van der Waals surface area contributed by atoms with Crippen molar-refractivity contribution in [2.24, 2.45) is 17.3 Å². The Kier molecular flexibility index (Phi) is 10.4. The highest BCUT2D eigenvalue weighted by Crippen LogP contribution is 2.33. The van der Waals surface area contributed by atoms with Gasteiger partial charge in [-0.25, -0.2) is 4.98 Å². The van der Waals surface area contributed by atoms with Crippen LogP contribution in [0.4, 0.5) is 13.2 Å². The van der Waals surface area contributed by atoms with Gasteiger partial charge < -0.3 is 14.9 Å². The zero-order valence-corrected chi connectivity index (χ0v) is 22.8. The van der Waals surface area contributed by atoms with Gasteiger partial charge in [0, 0.05) is 29.2 Å². The van der Waals surface area contributed by atoms with Gasteiger partial charge in [0.2, 0.25) is 0 Å². The molecule has 5 atom stereocenters. The van der Waals surface area contributed by atoms with E-state index in [-0.39, 0.29) is 6.42 Å². The van der Waals surface area contributed by atoms with E-state index in [0.29, 0.717) is 11.3 Å². The monoisotopic (exact) mass is 543 g/mol. The minimum atomic E-state index is -4.61. The fourth-order valence-corrected chi connectivity index (χ4v) is 4.74. The summed E-state index contributed by atoms with van der Waals surface area (Å²) in [5.74, 6) is -2.85. The number of ketones is 1. The highest BCUT2D eigenvalue weighted by Gasteiger charge is 2.42. The van der Waals surface area contributed by atoms with Gasteiger partial charge >= 0.3 is 12.1 Å². The molecule has 2 N–H and O–H groups in total. The number of aromatic nitrogens is 1. The largest absolute Gasteiger partial charge is 0.457 e. The third-order valence-corrected chi connectivity index (χ3v) is 7.60. The number of aryl methyl sites for hydroxylation is 1. The number of aliphatic hydroxyl groups excluding tert-OH is 2. The molecular weight excluding hydrogens is 507 g/mol. The molecule has 6 nitrogen and oxygen atoms in total. The maximum absolute atomic E-state index is 13.8. The molecule has 37 heavy (non-hydrogen) atoms. The van der Waals surface area contributed by atoms with Crippen molar-refractivity contribution in [2.75, 3.05) is 0 Å². The number of nitrogens with zero attached hydrogens (tertiary/aromatic N) is 1. The number of carbonyl (C=O) groups is 2. The van der Waals surface area contributed by atoms with Gasteiger partial charge in [0.1, 0.15) is 11.9 Å². The number of ether oxygens (including phenoxy) is 1. The first-order valence-electron chi connectivity index (χ1n) is 12.2. The number of esters is 1. The lowest BCUT2D eigenvalue weighted by Gasteiger charge is -2.34. The van der Waals surface area contributed by atoms with Crippen molar-refractivity contribution in [2.45, 2.75) is 85.3 Å². The summed E-state index contributed by atoms with van der Waals surface area (Å²) in [6, 6.07) is 0. The molecule has 0 bridgehead atoms. The first-order chi connectivity index (χ1) is 17.0. The summed E-state index contributed by atoms with van der Waals surface area (Å²) in [4.78, 5) is 30.2. The third-order valence-electron chi connectivity index (χ3n) is 6.81. The Morgan fingerprint density at radius 1 is 1.24 bits per heavy atom. The average molecular weight is 544 g/mol. The summed E-state index contributed by atoms with van der Waals surface area (Å²) in [5, 5.41) is 24.0. The van der Waals surface area contributed by atoms with E-state index in [4.69, 9.17) is 4.74 Å². The molecule has 0 amide bonds. The van der Waals surface area contributed by atoms with Crippen molar-refractivity contribution in [1.29, 1.82) is 0 Å². The van der Waals surface area contributed by atoms with Gasteiger partial charge in [0.05, 0.1) is 34.7 Å². The van der Waals surface area contributed by atoms with E-state index in [0.717, 1.165) is 11.1 Å². The van der Waals surface area contributed by atoms with Crippen molar-refractivity contribution >= 4 is 29.2 Å². The van der Waals surface area contributed by atoms with E-state index in [1.807, 2.05) is 6.92 Å². The zero-order chi connectivity index (χ0) is 28.1. The highest BCUT2D eigenvalue weighted by atomic mass is 32.1. The number of cyclic esters (lactones) is 1. The van der Waals surface area contributed by atoms with Crippen LogP contribution in [0.15, 0.2) is 34.8 Å². The fourth-order valence-electron chi connectivity index (χ4n) is 4.17. The zero-order valence-electron chi connectivity index (χ0n) is 22.0. The maximum Gasteiger partial charge on any atom is 0.412 e. The molecule has 0 aromatic carbocycles. The molecule has 1 aromatic heterocycles. The summed E-state index contributed by atoms with van der Waals surface area (Å²) >= 11 is 1.41. The second kappa shape index (κ2) is 12.5. The Labute approximate surface area is 219 Å². The van der Waals surface area contributed by atoms with Crippen LogP contribution in [-0.4, -0.2) is 51.4 Å². The molecule has 0 spiro atoms. The van der Waals surface area contributed by atoms with Gasteiger partial charge in [-0.2, -0.15) is 13.2 Å². The van der Waals surface area contributed by atoms with E-state index in [1.54, 1.807) is 25.3 Å². The third kappa shape index (κ3) is 8.35. The van der Waals surface area contributed by atoms with Crippen LogP contribution in [0.5, 0.6) is 0 Å². The highest BCUT2D eigenvalue weighted by molar-refractivity contribution is 7.09. The minimum absolute atomic E-state index is 0.243. The Balaban J connectivity index is 2.50. The van der Waals surface area contributed by atoms with E-state index in [9.17, 15) is 33.0 Å². The molecule has 2 heterocycles. The van der Waals surface area contributed by atoms with Gasteiger partial charge in [-0.15, -0.1) is 11.3 Å². The predicted octanol–water partition coefficient (Wildman–Crippen LogP) is 5.58. The van der Waals surface area contributed by atoms with Gasteiger partial charge in [-0.05, 0) is 31.9 Å². The van der Waals surface area contributed by atoms with Crippen LogP contribution in [0.1, 0.15) is 64.6 Å². The molecular formula is C27H36F3NO5S. The lowest BCUT2D eigenvalue weighted by molar-refractivity contribution is -0.154. The summed E-state index contributed by atoms with van der Waals surface area (Å²) in [7, 11) is 0. The van der Waals surface area contributed by atoms with Gasteiger partial charge in [-0.3, -0.25) is 9.59 Å². The van der Waals surface area contributed by atoms with Crippen LogP contribution in [-0.2, 0) is 14.3 Å². The lowest BCUT2D eigenvalue weighted by Crippen LogP contribution is -2.45. The average Bonchev–Trinajstić information content (AvgIpc) is 3.21. The molecule has 0 saturated carbocycles. The second-order valence-electron chi connectivity index (χ2n) is 10.2. The Hall–Kier alpha value is -2.30. The van der Waals surface area contributed by atoms with Crippen LogP contribution >= 0.6 is 11.3 Å². The van der Waals surface area contributed by atoms with Gasteiger partial charge in [0.25, 0.3) is 0 Å². The van der Waals surface area contributed by atoms with Crippen molar-refractivity contribution in [3.63, 3.8) is 0 Å². The van der Waals surface area contributed by atoms with Crippen LogP contribution in [0, 0.1) is 24.2 Å². The molecule has 1 aromatic rings. The molecule has 10 heteroatoms. The summed E-state index contributed by atoms with van der Waals surface area (Å²) in [6.45, 7) is 9.55. The van der Waals surface area contributed by atoms with Gasteiger partial charge in [-0.1, -0.05) is 45.9 Å². The Bertz CT molecular complexity index is 1060. The van der Waals surface area contributed by atoms with Gasteiger partial charge in [0.15, 0.2) is 0 Å². The number of Topliss-reactive ketones (excluding diaryl/α,β-unsaturated/α-hetero) is 1. The number of allylic oxidation sites excluding steroid dienone is 2. The minimum Gasteiger partial charge on any atom is -0.457 e. The van der Waals surface area contributed by atoms with Crippen molar-refractivity contribution < 1.29 is 37.7 Å². The Morgan fingerprint density at radius 3 is 2.46 bits per heavy atom. The molecule has 1 aliphatic rings. The van der Waals surface area contributed by atoms with Crippen molar-refractivity contribution in [1.82, 2.24) is 4.98 Å². The first-order valence-corrected chi connectivity index (χ1v) is 13.0. The quantitative estimate of drug-likeness (QED) is 0.373. The lowest BCUT2D eigenvalue weighted by atomic mass is 9.73. The molecule has 1 aliphatic heterocycles. The summed E-state index contributed by atoms with van der Waals surface area (Å²) in [6.07, 6.45) is -4.04. The summed E-state index contributed by atoms with van der Waals surface area (Å²) in [5.41, 5.74) is -1.11. The number of hydrogen-bond donors (Lipinski definition) is 2. The molecule has 0 fully saturated rings. The summed E-state index contributed by atoms with van der Waals surface area (Å²) < 4.78 is 46.8.